The Hall–Kier alpha value is -1.10. The second kappa shape index (κ2) is 13.4. The molecule has 31 heavy (non-hydrogen) atoms. The predicted molar refractivity (Wildman–Crippen MR) is 145 cm³/mol. The van der Waals surface area contributed by atoms with Crippen molar-refractivity contribution in [2.75, 3.05) is 0 Å². The summed E-state index contributed by atoms with van der Waals surface area (Å²) >= 11 is -0.270. The number of unbranched alkanes of at least 4 members (excludes halogenated alkanes) is 3. The quantitative estimate of drug-likeness (QED) is 0.228. The average molecular weight is 542 g/mol. The van der Waals surface area contributed by atoms with Crippen molar-refractivity contribution in [3.05, 3.63) is 66.7 Å². The van der Waals surface area contributed by atoms with E-state index in [-0.39, 0.29) is 6.15 Å². The standard InChI is InChI=1S/C16H11S.3C4H9.H3N.Sn/c1-3-7-13(8-4-1)15-11-12-17-16(15)14-9-5-2-6-10-14;3*1-3-4-2;;/h1-11H;3*1,3-4H2,2H3;1H3;. The minimum Gasteiger partial charge on any atom is -0.344 e. The topological polar surface area (TPSA) is 35.0 Å². The summed E-state index contributed by atoms with van der Waals surface area (Å²) in [5.41, 5.74) is 4.22. The molecule has 0 saturated heterocycles. The Balaban J connectivity index is 0.00000341. The third kappa shape index (κ3) is 6.69. The smallest absolute Gasteiger partial charge is 0.344 e. The van der Waals surface area contributed by atoms with E-state index in [9.17, 15) is 0 Å². The average Bonchev–Trinajstić information content (AvgIpc) is 3.26. The molecule has 0 aliphatic carbocycles. The van der Waals surface area contributed by atoms with Gasteiger partial charge in [0.1, 0.15) is 0 Å². The van der Waals surface area contributed by atoms with Crippen LogP contribution in [0.4, 0.5) is 0 Å². The van der Waals surface area contributed by atoms with E-state index in [1.165, 1.54) is 73.4 Å². The van der Waals surface area contributed by atoms with Gasteiger partial charge in [0.15, 0.2) is 0 Å². The monoisotopic (exact) mass is 543 g/mol. The fourth-order valence-corrected chi connectivity index (χ4v) is 24.9. The van der Waals surface area contributed by atoms with Crippen molar-refractivity contribution >= 4 is 32.6 Å². The van der Waals surface area contributed by atoms with Crippen molar-refractivity contribution in [3.8, 4) is 21.6 Å². The molecule has 0 spiro atoms. The summed E-state index contributed by atoms with van der Waals surface area (Å²) in [6.45, 7) is 7.11. The first kappa shape index (κ1) is 26.2. The Morgan fingerprint density at radius 2 is 1.10 bits per heavy atom. The van der Waals surface area contributed by atoms with Crippen LogP contribution in [0.15, 0.2) is 66.7 Å². The summed E-state index contributed by atoms with van der Waals surface area (Å²) in [6, 6.07) is 24.8. The van der Waals surface area contributed by atoms with Gasteiger partial charge in [-0.2, -0.15) is 0 Å². The minimum atomic E-state index is -2.43. The molecule has 0 saturated carbocycles. The van der Waals surface area contributed by atoms with Crippen LogP contribution in [0.3, 0.4) is 0 Å². The molecule has 0 amide bonds. The molecule has 0 radical (unpaired) electrons. The zero-order chi connectivity index (χ0) is 21.2. The van der Waals surface area contributed by atoms with E-state index in [4.69, 9.17) is 0 Å². The van der Waals surface area contributed by atoms with Gasteiger partial charge in [0.25, 0.3) is 0 Å². The molecule has 3 aromatic rings. The van der Waals surface area contributed by atoms with E-state index in [1.54, 1.807) is 0 Å². The third-order valence-corrected chi connectivity index (χ3v) is 25.8. The largest absolute Gasteiger partial charge is 0.344 e. The van der Waals surface area contributed by atoms with E-state index in [0.717, 1.165) is 0 Å². The SMILES string of the molecule is CCC[CH2][Sn]([CH2]CCC)([CH2]CCC)[c]1cc(-c2ccccc2)c(-c2ccccc2)s1.N. The van der Waals surface area contributed by atoms with Gasteiger partial charge in [-0.15, -0.1) is 0 Å². The van der Waals surface area contributed by atoms with Crippen LogP contribution in [0.2, 0.25) is 13.3 Å². The summed E-state index contributed by atoms with van der Waals surface area (Å²) in [5, 5.41) is 0. The van der Waals surface area contributed by atoms with E-state index in [0.29, 0.717) is 0 Å². The van der Waals surface area contributed by atoms with Gasteiger partial charge in [-0.3, -0.25) is 0 Å². The second-order valence-corrected chi connectivity index (χ2v) is 23.9. The zero-order valence-corrected chi connectivity index (χ0v) is 23.5. The first-order chi connectivity index (χ1) is 14.7. The van der Waals surface area contributed by atoms with E-state index >= 15 is 0 Å². The van der Waals surface area contributed by atoms with Crippen molar-refractivity contribution in [2.24, 2.45) is 0 Å². The summed E-state index contributed by atoms with van der Waals surface area (Å²) in [5.74, 6) is 0. The first-order valence-electron chi connectivity index (χ1n) is 12.0. The van der Waals surface area contributed by atoms with Crippen LogP contribution in [-0.4, -0.2) is 18.4 Å². The molecule has 0 fully saturated rings. The Morgan fingerprint density at radius 3 is 1.55 bits per heavy atom. The van der Waals surface area contributed by atoms with Crippen molar-refractivity contribution in [2.45, 2.75) is 72.6 Å². The Bertz CT molecular complexity index is 794. The number of benzene rings is 2. The third-order valence-electron chi connectivity index (χ3n) is 6.40. The van der Waals surface area contributed by atoms with Gasteiger partial charge >= 0.3 is 194 Å². The second-order valence-electron chi connectivity index (χ2n) is 8.68. The fraction of sp³-hybridized carbons (Fsp3) is 0.429. The molecular weight excluding hydrogens is 501 g/mol. The maximum Gasteiger partial charge on any atom is -0.344 e. The van der Waals surface area contributed by atoms with Crippen LogP contribution in [0, 0.1) is 0 Å². The van der Waals surface area contributed by atoms with Gasteiger partial charge in [0.2, 0.25) is 0 Å². The van der Waals surface area contributed by atoms with Crippen molar-refractivity contribution in [3.63, 3.8) is 0 Å². The molecule has 0 bridgehead atoms. The number of thiophene rings is 1. The Morgan fingerprint density at radius 1 is 0.645 bits per heavy atom. The van der Waals surface area contributed by atoms with Gasteiger partial charge < -0.3 is 6.15 Å². The van der Waals surface area contributed by atoms with Gasteiger partial charge in [0, 0.05) is 0 Å². The predicted octanol–water partition coefficient (Wildman–Crippen LogP) is 9.30. The van der Waals surface area contributed by atoms with Crippen LogP contribution < -0.4 is 9.04 Å². The Kier molecular flexibility index (Phi) is 11.3. The number of hydrogen-bond donors (Lipinski definition) is 1. The van der Waals surface area contributed by atoms with E-state index < -0.39 is 18.4 Å². The molecule has 0 atom stereocenters. The van der Waals surface area contributed by atoms with Crippen molar-refractivity contribution in [1.29, 1.82) is 0 Å². The molecule has 0 aliphatic rings. The van der Waals surface area contributed by atoms with Crippen LogP contribution in [-0.2, 0) is 0 Å². The van der Waals surface area contributed by atoms with Crippen LogP contribution in [0.1, 0.15) is 59.3 Å². The maximum atomic E-state index is 2.65. The van der Waals surface area contributed by atoms with Gasteiger partial charge in [-0.1, -0.05) is 0 Å². The minimum absolute atomic E-state index is 0. The maximum absolute atomic E-state index is 2.65. The van der Waals surface area contributed by atoms with Gasteiger partial charge in [-0.25, -0.2) is 0 Å². The van der Waals surface area contributed by atoms with E-state index in [2.05, 4.69) is 98.8 Å². The summed E-state index contributed by atoms with van der Waals surface area (Å²) in [7, 11) is 0. The molecule has 3 N–H and O–H groups in total. The number of rotatable bonds is 12. The molecule has 0 aliphatic heterocycles. The summed E-state index contributed by atoms with van der Waals surface area (Å²) in [6.07, 6.45) is 8.26. The molecule has 1 heterocycles. The molecular formula is C28H41NSSn. The van der Waals surface area contributed by atoms with Gasteiger partial charge in [-0.05, 0) is 0 Å². The molecule has 3 heteroatoms. The Labute approximate surface area is 198 Å². The van der Waals surface area contributed by atoms with Crippen molar-refractivity contribution in [1.82, 2.24) is 6.15 Å². The zero-order valence-electron chi connectivity index (χ0n) is 19.8. The summed E-state index contributed by atoms with van der Waals surface area (Å²) in [4.78, 5) is 1.49. The molecule has 1 aromatic heterocycles. The molecule has 0 unspecified atom stereocenters. The molecule has 3 rings (SSSR count). The number of hydrogen-bond acceptors (Lipinski definition) is 2. The molecule has 2 aromatic carbocycles. The van der Waals surface area contributed by atoms with E-state index in [1.807, 2.05) is 2.89 Å². The van der Waals surface area contributed by atoms with Crippen LogP contribution in [0.5, 0.6) is 0 Å². The van der Waals surface area contributed by atoms with Crippen molar-refractivity contribution < 1.29 is 0 Å². The van der Waals surface area contributed by atoms with Crippen LogP contribution in [0.25, 0.3) is 21.6 Å². The van der Waals surface area contributed by atoms with Gasteiger partial charge in [0.05, 0.1) is 0 Å². The summed E-state index contributed by atoms with van der Waals surface area (Å²) < 4.78 is 6.44. The first-order valence-corrected chi connectivity index (χ1v) is 20.3. The molecule has 1 nitrogen and oxygen atoms in total. The van der Waals surface area contributed by atoms with Crippen LogP contribution >= 0.6 is 11.3 Å². The fourth-order valence-electron chi connectivity index (χ4n) is 4.58. The normalized spacial score (nSPS) is 11.3. The molecule has 168 valence electrons.